The van der Waals surface area contributed by atoms with E-state index in [4.69, 9.17) is 8.83 Å². The van der Waals surface area contributed by atoms with Gasteiger partial charge in [-0.2, -0.15) is 0 Å². The van der Waals surface area contributed by atoms with Crippen molar-refractivity contribution in [3.8, 4) is 0 Å². The second-order valence-corrected chi connectivity index (χ2v) is 16.2. The molecule has 2 aromatic heterocycles. The molecule has 0 spiro atoms. The van der Waals surface area contributed by atoms with Crippen LogP contribution in [0.2, 0.25) is 0 Å². The maximum Gasteiger partial charge on any atom is 0.133 e. The fourth-order valence-electron chi connectivity index (χ4n) is 4.75. The van der Waals surface area contributed by atoms with Crippen LogP contribution in [0.5, 0.6) is 0 Å². The average Bonchev–Trinajstić information content (AvgIpc) is 3.48. The standard InChI is InChI=1S/C23H31O2P2.C5H5.Fe/c1-17(27(22(2,3)4)23(5,6)7)18-11-8-12-19(18)26(20-13-9-15-24-20)21-14-10-16-25-21;1-2-4-5-3-1;/h8-17H,1-7H3;1-5H;/t17-;;/m0../s1. The van der Waals surface area contributed by atoms with E-state index in [1.807, 2.05) is 44.2 Å². The Morgan fingerprint density at radius 3 is 1.52 bits per heavy atom. The van der Waals surface area contributed by atoms with Crippen molar-refractivity contribution >= 4 is 26.8 Å². The molecule has 0 amide bonds. The van der Waals surface area contributed by atoms with Crippen molar-refractivity contribution < 1.29 is 25.9 Å². The van der Waals surface area contributed by atoms with E-state index in [-0.39, 0.29) is 35.3 Å². The first-order valence-corrected chi connectivity index (χ1v) is 13.9. The molecular weight excluding hydrogens is 486 g/mol. The van der Waals surface area contributed by atoms with Crippen LogP contribution < -0.4 is 11.0 Å². The van der Waals surface area contributed by atoms with E-state index < -0.39 is 7.92 Å². The summed E-state index contributed by atoms with van der Waals surface area (Å²) >= 11 is 0. The molecule has 5 heteroatoms. The monoisotopic (exact) mass is 522 g/mol. The molecule has 2 saturated carbocycles. The van der Waals surface area contributed by atoms with E-state index in [2.05, 4.69) is 79.9 Å². The molecule has 2 aliphatic carbocycles. The van der Waals surface area contributed by atoms with E-state index in [0.717, 1.165) is 11.0 Å². The van der Waals surface area contributed by atoms with Crippen molar-refractivity contribution in [3.05, 3.63) is 99.7 Å². The van der Waals surface area contributed by atoms with E-state index in [1.165, 1.54) is 11.6 Å². The van der Waals surface area contributed by atoms with Crippen LogP contribution in [0.25, 0.3) is 0 Å². The van der Waals surface area contributed by atoms with E-state index in [9.17, 15) is 0 Å². The molecule has 0 aliphatic heterocycles. The predicted molar refractivity (Wildman–Crippen MR) is 140 cm³/mol. The predicted octanol–water partition coefficient (Wildman–Crippen LogP) is 7.52. The fourth-order valence-corrected chi connectivity index (χ4v) is 11.9. The molecule has 33 heavy (non-hydrogen) atoms. The van der Waals surface area contributed by atoms with Gasteiger partial charge < -0.3 is 8.83 Å². The topological polar surface area (TPSA) is 26.3 Å². The second-order valence-electron chi connectivity index (χ2n) is 9.95. The molecule has 2 heterocycles. The largest absolute Gasteiger partial charge is 0.464 e. The summed E-state index contributed by atoms with van der Waals surface area (Å²) in [6, 6.07) is 8.09. The molecule has 2 nitrogen and oxygen atoms in total. The number of hydrogen-bond donors (Lipinski definition) is 0. The van der Waals surface area contributed by atoms with E-state index >= 15 is 0 Å². The Hall–Kier alpha value is -0.0605. The Balaban J connectivity index is 0.000000568. The Bertz CT molecular complexity index is 714. The zero-order valence-corrected chi connectivity index (χ0v) is 23.6. The number of hydrogen-bond acceptors (Lipinski definition) is 2. The van der Waals surface area contributed by atoms with E-state index in [0.29, 0.717) is 5.66 Å². The van der Waals surface area contributed by atoms with Gasteiger partial charge in [0, 0.05) is 30.6 Å². The third-order valence-electron chi connectivity index (χ3n) is 5.36. The van der Waals surface area contributed by atoms with Crippen LogP contribution in [0.3, 0.4) is 0 Å². The van der Waals surface area contributed by atoms with Gasteiger partial charge in [-0.25, -0.2) is 0 Å². The van der Waals surface area contributed by atoms with Gasteiger partial charge >= 0.3 is 0 Å². The summed E-state index contributed by atoms with van der Waals surface area (Å²) < 4.78 is 11.7. The smallest absolute Gasteiger partial charge is 0.133 e. The zero-order chi connectivity index (χ0) is 23.4. The molecule has 2 aliphatic rings. The van der Waals surface area contributed by atoms with Gasteiger partial charge in [0.1, 0.15) is 11.0 Å². The Kier molecular flexibility index (Phi) is 11.3. The zero-order valence-electron chi connectivity index (χ0n) is 20.7. The van der Waals surface area contributed by atoms with Gasteiger partial charge in [-0.3, -0.25) is 0 Å². The third kappa shape index (κ3) is 7.71. The van der Waals surface area contributed by atoms with Crippen molar-refractivity contribution in [1.29, 1.82) is 0 Å². The summed E-state index contributed by atoms with van der Waals surface area (Å²) in [7, 11) is -1.07. The Morgan fingerprint density at radius 1 is 0.697 bits per heavy atom. The van der Waals surface area contributed by atoms with Gasteiger partial charge in [0.2, 0.25) is 0 Å². The van der Waals surface area contributed by atoms with Crippen LogP contribution in [-0.2, 0) is 17.1 Å². The molecular formula is C28H36FeO2P2. The fraction of sp³-hybridized carbons (Fsp3) is 0.357. The van der Waals surface area contributed by atoms with Crippen LogP contribution in [0.4, 0.5) is 0 Å². The Labute approximate surface area is 216 Å². The van der Waals surface area contributed by atoms with Gasteiger partial charge in [0.25, 0.3) is 0 Å². The summed E-state index contributed by atoms with van der Waals surface area (Å²) in [6.45, 7) is 16.8. The third-order valence-corrected chi connectivity index (χ3v) is 11.6. The van der Waals surface area contributed by atoms with Gasteiger partial charge in [0.15, 0.2) is 0 Å². The molecule has 2 aromatic rings. The van der Waals surface area contributed by atoms with Crippen molar-refractivity contribution in [2.24, 2.45) is 0 Å². The first-order valence-electron chi connectivity index (χ1n) is 11.2. The van der Waals surface area contributed by atoms with Gasteiger partial charge in [-0.15, -0.1) is 0 Å². The normalized spacial score (nSPS) is 18.9. The van der Waals surface area contributed by atoms with Crippen LogP contribution in [-0.4, -0.2) is 16.0 Å². The first-order chi connectivity index (χ1) is 15.1. The van der Waals surface area contributed by atoms with Crippen LogP contribution >= 0.6 is 15.8 Å². The average molecular weight is 522 g/mol. The maximum absolute atomic E-state index is 5.85. The Morgan fingerprint density at radius 2 is 1.15 bits per heavy atom. The molecule has 0 unspecified atom stereocenters. The molecule has 10 radical (unpaired) electrons. The number of rotatable bonds is 5. The summed E-state index contributed by atoms with van der Waals surface area (Å²) in [5.41, 5.74) is 3.86. The molecule has 178 valence electrons. The molecule has 1 atom stereocenters. The molecule has 0 aromatic carbocycles. The summed E-state index contributed by atoms with van der Waals surface area (Å²) in [5, 5.41) is 0.555. The minimum atomic E-state index is -0.808. The molecule has 2 fully saturated rings. The molecule has 0 N–H and O–H groups in total. The van der Waals surface area contributed by atoms with Gasteiger partial charge in [0.05, 0.1) is 12.5 Å². The summed E-state index contributed by atoms with van der Waals surface area (Å²) in [4.78, 5) is 0. The maximum atomic E-state index is 5.85. The molecule has 0 bridgehead atoms. The molecule has 4 rings (SSSR count). The molecule has 0 saturated heterocycles. The van der Waals surface area contributed by atoms with Gasteiger partial charge in [-0.1, -0.05) is 56.4 Å². The SMILES string of the molecule is C[C@@H]([C]1[CH][CH][CH][C]1P(c1ccco1)c1ccco1)P(C(C)(C)C)C(C)(C)C.[CH]1[CH][CH][CH][CH]1.[Fe]. The number of furan rings is 2. The first kappa shape index (κ1) is 29.2. The van der Waals surface area contributed by atoms with Gasteiger partial charge in [-0.05, 0) is 97.5 Å². The van der Waals surface area contributed by atoms with Crippen LogP contribution in [0.1, 0.15) is 48.5 Å². The second kappa shape index (κ2) is 12.8. The van der Waals surface area contributed by atoms with Crippen molar-refractivity contribution in [2.45, 2.75) is 64.4 Å². The minimum absolute atomic E-state index is 0. The minimum Gasteiger partial charge on any atom is -0.464 e. The quantitative estimate of drug-likeness (QED) is 0.300. The summed E-state index contributed by atoms with van der Waals surface area (Å²) in [5.74, 6) is 1.45. The van der Waals surface area contributed by atoms with Crippen LogP contribution in [0.15, 0.2) is 45.6 Å². The van der Waals surface area contributed by atoms with Crippen molar-refractivity contribution in [3.63, 3.8) is 0 Å². The van der Waals surface area contributed by atoms with E-state index in [1.54, 1.807) is 12.5 Å². The van der Waals surface area contributed by atoms with Crippen molar-refractivity contribution in [1.82, 2.24) is 0 Å². The van der Waals surface area contributed by atoms with Crippen LogP contribution in [0, 0.1) is 62.9 Å². The summed E-state index contributed by atoms with van der Waals surface area (Å²) in [6.07, 6.45) is 20.3. The van der Waals surface area contributed by atoms with Crippen molar-refractivity contribution in [2.75, 3.05) is 0 Å².